The van der Waals surface area contributed by atoms with Crippen LogP contribution in [0.2, 0.25) is 13.1 Å². The Hall–Kier alpha value is -0.323. The Morgan fingerprint density at radius 1 is 0.679 bits per heavy atom. The summed E-state index contributed by atoms with van der Waals surface area (Å²) >= 11 is 3.45. The van der Waals surface area contributed by atoms with Crippen LogP contribution < -0.4 is 4.43 Å². The Kier molecular flexibility index (Phi) is 15.1. The number of halogens is 1. The minimum Gasteiger partial charge on any atom is -0.520 e. The average Bonchev–Trinajstić information content (AvgIpc) is 2.66. The highest BCUT2D eigenvalue weighted by Crippen LogP contribution is 2.20. The first-order chi connectivity index (χ1) is 13.5. The van der Waals surface area contributed by atoms with Gasteiger partial charge in [0.2, 0.25) is 0 Å². The lowest BCUT2D eigenvalue weighted by Crippen LogP contribution is -2.38. The fourth-order valence-electron chi connectivity index (χ4n) is 3.43. The van der Waals surface area contributed by atoms with Crippen molar-refractivity contribution in [2.24, 2.45) is 0 Å². The summed E-state index contributed by atoms with van der Waals surface area (Å²) in [4.78, 5) is 0. The number of benzene rings is 1. The highest BCUT2D eigenvalue weighted by Gasteiger charge is 2.26. The predicted octanol–water partition coefficient (Wildman–Crippen LogP) is 9.03. The van der Waals surface area contributed by atoms with Gasteiger partial charge in [-0.2, -0.15) is 0 Å². The van der Waals surface area contributed by atoms with E-state index in [4.69, 9.17) is 8.85 Å². The van der Waals surface area contributed by atoms with Crippen LogP contribution >= 0.6 is 15.9 Å². The largest absolute Gasteiger partial charge is 0.520 e. The van der Waals surface area contributed by atoms with Gasteiger partial charge in [0, 0.05) is 11.1 Å². The molecule has 1 aromatic rings. The Bertz CT molecular complexity index is 476. The molecule has 28 heavy (non-hydrogen) atoms. The van der Waals surface area contributed by atoms with Crippen molar-refractivity contribution in [1.82, 2.24) is 0 Å². The molecule has 1 aromatic carbocycles. The van der Waals surface area contributed by atoms with E-state index in [0.717, 1.165) is 23.2 Å². The fourth-order valence-corrected chi connectivity index (χ4v) is 5.09. The topological polar surface area (TPSA) is 18.5 Å². The molecule has 4 heteroatoms. The number of rotatable bonds is 18. The second-order valence-corrected chi connectivity index (χ2v) is 12.6. The third-order valence-electron chi connectivity index (χ3n) is 5.12. The molecule has 0 atom stereocenters. The number of unbranched alkanes of at least 4 members (excludes halogenated alkanes) is 13. The lowest BCUT2D eigenvalue weighted by Gasteiger charge is -2.24. The summed E-state index contributed by atoms with van der Waals surface area (Å²) < 4.78 is 13.2. The molecule has 0 aliphatic rings. The van der Waals surface area contributed by atoms with Crippen molar-refractivity contribution < 1.29 is 8.85 Å². The Balaban J connectivity index is 1.88. The maximum absolute atomic E-state index is 6.08. The predicted molar refractivity (Wildman–Crippen MR) is 129 cm³/mol. The molecular weight excluding hydrogens is 428 g/mol. The zero-order chi connectivity index (χ0) is 20.5. The monoisotopic (exact) mass is 470 g/mol. The van der Waals surface area contributed by atoms with Crippen molar-refractivity contribution >= 4 is 24.5 Å². The molecule has 0 fully saturated rings. The molecule has 0 aliphatic carbocycles. The Labute approximate surface area is 184 Å². The van der Waals surface area contributed by atoms with Gasteiger partial charge in [-0.15, -0.1) is 0 Å². The van der Waals surface area contributed by atoms with Gasteiger partial charge in [-0.25, -0.2) is 0 Å². The molecule has 0 bridgehead atoms. The summed E-state index contributed by atoms with van der Waals surface area (Å²) in [6.07, 6.45) is 19.4. The van der Waals surface area contributed by atoms with Gasteiger partial charge in [-0.1, -0.05) is 106 Å². The van der Waals surface area contributed by atoms with Crippen LogP contribution in [0.15, 0.2) is 28.7 Å². The maximum Gasteiger partial charge on any atom is 0.392 e. The zero-order valence-electron chi connectivity index (χ0n) is 18.6. The zero-order valence-corrected chi connectivity index (χ0v) is 21.2. The normalized spacial score (nSPS) is 11.7. The molecule has 0 saturated carbocycles. The van der Waals surface area contributed by atoms with Gasteiger partial charge in [0.25, 0.3) is 0 Å². The first-order valence-corrected chi connectivity index (χ1v) is 15.2. The standard InChI is InChI=1S/C24H43BrO2Si/c1-4-5-6-7-8-9-10-11-12-13-14-15-16-17-22-26-28(2,3)27-24-20-18-23(25)19-21-24/h18-21H,4-17,22H2,1-3H3. The first-order valence-electron chi connectivity index (χ1n) is 11.6. The van der Waals surface area contributed by atoms with Gasteiger partial charge in [0.1, 0.15) is 5.75 Å². The molecular formula is C24H43BrO2Si. The smallest absolute Gasteiger partial charge is 0.392 e. The van der Waals surface area contributed by atoms with Crippen LogP contribution in [0, 0.1) is 0 Å². The van der Waals surface area contributed by atoms with Crippen molar-refractivity contribution in [3.8, 4) is 5.75 Å². The van der Waals surface area contributed by atoms with Gasteiger partial charge in [0.05, 0.1) is 0 Å². The van der Waals surface area contributed by atoms with Gasteiger partial charge >= 0.3 is 8.56 Å². The van der Waals surface area contributed by atoms with E-state index in [0.29, 0.717) is 0 Å². The van der Waals surface area contributed by atoms with Crippen LogP contribution in [-0.2, 0) is 4.43 Å². The molecule has 0 spiro atoms. The molecule has 1 rings (SSSR count). The van der Waals surface area contributed by atoms with Crippen LogP contribution in [0.3, 0.4) is 0 Å². The summed E-state index contributed by atoms with van der Waals surface area (Å²) in [7, 11) is -2.08. The summed E-state index contributed by atoms with van der Waals surface area (Å²) in [5, 5.41) is 0. The van der Waals surface area contributed by atoms with Gasteiger partial charge in [-0.3, -0.25) is 0 Å². The number of hydrogen-bond acceptors (Lipinski definition) is 2. The second-order valence-electron chi connectivity index (χ2n) is 8.40. The maximum atomic E-state index is 6.08. The quantitative estimate of drug-likeness (QED) is 0.157. The van der Waals surface area contributed by atoms with E-state index >= 15 is 0 Å². The van der Waals surface area contributed by atoms with Crippen LogP contribution in [0.1, 0.15) is 96.8 Å². The van der Waals surface area contributed by atoms with Crippen molar-refractivity contribution in [1.29, 1.82) is 0 Å². The van der Waals surface area contributed by atoms with E-state index in [2.05, 4.69) is 35.9 Å². The summed E-state index contributed by atoms with van der Waals surface area (Å²) in [5.74, 6) is 0.904. The first kappa shape index (κ1) is 25.7. The molecule has 0 radical (unpaired) electrons. The van der Waals surface area contributed by atoms with Crippen LogP contribution in [0.5, 0.6) is 5.75 Å². The third-order valence-corrected chi connectivity index (χ3v) is 7.28. The molecule has 0 unspecified atom stereocenters. The van der Waals surface area contributed by atoms with Gasteiger partial charge in [0.15, 0.2) is 0 Å². The highest BCUT2D eigenvalue weighted by molar-refractivity contribution is 9.10. The molecule has 0 N–H and O–H groups in total. The lowest BCUT2D eigenvalue weighted by molar-refractivity contribution is 0.240. The van der Waals surface area contributed by atoms with Gasteiger partial charge in [-0.05, 0) is 43.8 Å². The molecule has 0 heterocycles. The molecule has 0 aromatic heterocycles. The Morgan fingerprint density at radius 3 is 1.57 bits per heavy atom. The van der Waals surface area contributed by atoms with E-state index in [1.807, 2.05) is 24.3 Å². The van der Waals surface area contributed by atoms with E-state index in [1.165, 1.54) is 83.5 Å². The van der Waals surface area contributed by atoms with Crippen LogP contribution in [0.4, 0.5) is 0 Å². The molecule has 0 amide bonds. The van der Waals surface area contributed by atoms with Crippen LogP contribution in [0.25, 0.3) is 0 Å². The Morgan fingerprint density at radius 2 is 1.11 bits per heavy atom. The van der Waals surface area contributed by atoms with Crippen molar-refractivity contribution in [2.45, 2.75) is 110 Å². The SMILES string of the molecule is CCCCCCCCCCCCCCCCO[Si](C)(C)Oc1ccc(Br)cc1. The molecule has 2 nitrogen and oxygen atoms in total. The molecule has 0 saturated heterocycles. The molecule has 0 aliphatic heterocycles. The third kappa shape index (κ3) is 14.6. The van der Waals surface area contributed by atoms with Crippen molar-refractivity contribution in [3.05, 3.63) is 28.7 Å². The van der Waals surface area contributed by atoms with Crippen molar-refractivity contribution in [2.75, 3.05) is 6.61 Å². The van der Waals surface area contributed by atoms with E-state index < -0.39 is 8.56 Å². The molecule has 162 valence electrons. The second kappa shape index (κ2) is 16.5. The number of hydrogen-bond donors (Lipinski definition) is 0. The fraction of sp³-hybridized carbons (Fsp3) is 0.750. The minimum atomic E-state index is -2.08. The van der Waals surface area contributed by atoms with E-state index in [9.17, 15) is 0 Å². The average molecular weight is 472 g/mol. The minimum absolute atomic E-state index is 0.827. The lowest BCUT2D eigenvalue weighted by atomic mass is 10.0. The van der Waals surface area contributed by atoms with E-state index in [-0.39, 0.29) is 0 Å². The van der Waals surface area contributed by atoms with Gasteiger partial charge < -0.3 is 8.85 Å². The summed E-state index contributed by atoms with van der Waals surface area (Å²) in [6, 6.07) is 8.00. The summed E-state index contributed by atoms with van der Waals surface area (Å²) in [5.41, 5.74) is 0. The van der Waals surface area contributed by atoms with Crippen molar-refractivity contribution in [3.63, 3.8) is 0 Å². The highest BCUT2D eigenvalue weighted by atomic mass is 79.9. The van der Waals surface area contributed by atoms with Crippen LogP contribution in [-0.4, -0.2) is 15.2 Å². The summed E-state index contributed by atoms with van der Waals surface area (Å²) in [6.45, 7) is 7.36. The van der Waals surface area contributed by atoms with E-state index in [1.54, 1.807) is 0 Å².